The van der Waals surface area contributed by atoms with Gasteiger partial charge in [0.25, 0.3) is 0 Å². The van der Waals surface area contributed by atoms with Gasteiger partial charge in [-0.1, -0.05) is 12.1 Å². The average molecular weight is 473 g/mol. The van der Waals surface area contributed by atoms with Gasteiger partial charge in [0.2, 0.25) is 0 Å². The van der Waals surface area contributed by atoms with Gasteiger partial charge in [0.1, 0.15) is 11.9 Å². The second kappa shape index (κ2) is 10.8. The maximum absolute atomic E-state index is 12.1. The molecule has 0 spiro atoms. The molecule has 0 radical (unpaired) electrons. The molecule has 1 heterocycles. The first-order valence-electron chi connectivity index (χ1n) is 12.6. The molecular weight excluding hydrogens is 440 g/mol. The molecule has 7 nitrogen and oxygen atoms in total. The first kappa shape index (κ1) is 23.3. The molecule has 3 aliphatic rings. The number of nitrogens with zero attached hydrogens (tertiary/aromatic N) is 1. The third-order valence-corrected chi connectivity index (χ3v) is 6.73. The van der Waals surface area contributed by atoms with Crippen molar-refractivity contribution < 1.29 is 14.3 Å². The number of hydrogen-bond donors (Lipinski definition) is 3. The minimum absolute atomic E-state index is 0.164. The molecule has 2 aromatic rings. The lowest BCUT2D eigenvalue weighted by Crippen LogP contribution is -2.41. The second-order valence-electron chi connectivity index (χ2n) is 9.57. The maximum atomic E-state index is 12.1. The van der Waals surface area contributed by atoms with Crippen LogP contribution in [0.2, 0.25) is 0 Å². The van der Waals surface area contributed by atoms with Crippen molar-refractivity contribution in [2.45, 2.75) is 63.1 Å². The number of amides is 2. The fourth-order valence-corrected chi connectivity index (χ4v) is 4.29. The zero-order chi connectivity index (χ0) is 24.0. The Balaban J connectivity index is 1.30. The Morgan fingerprint density at radius 2 is 1.77 bits per heavy atom. The van der Waals surface area contributed by atoms with Crippen LogP contribution in [0.3, 0.4) is 0 Å². The molecule has 0 aromatic heterocycles. The molecule has 182 valence electrons. The van der Waals surface area contributed by atoms with Crippen LogP contribution in [-0.4, -0.2) is 37.4 Å². The van der Waals surface area contributed by atoms with Gasteiger partial charge in [-0.25, -0.2) is 4.79 Å². The zero-order valence-electron chi connectivity index (χ0n) is 19.9. The molecule has 1 saturated heterocycles. The second-order valence-corrected chi connectivity index (χ2v) is 9.57. The smallest absolute Gasteiger partial charge is 0.319 e. The topological polar surface area (TPSA) is 95.4 Å². The summed E-state index contributed by atoms with van der Waals surface area (Å²) in [7, 11) is 0. The monoisotopic (exact) mass is 472 g/mol. The highest BCUT2D eigenvalue weighted by molar-refractivity contribution is 5.95. The predicted octanol–water partition coefficient (Wildman–Crippen LogP) is 5.56. The predicted molar refractivity (Wildman–Crippen MR) is 137 cm³/mol. The molecule has 5 rings (SSSR count). The SMILES string of the molecule is N#C/C(=C\c1ccc(NC(=O)NC2CCC2)cc1)c1ccc(OC2CCOCC2)cc1NC1CC1. The molecule has 0 bridgehead atoms. The Hall–Kier alpha value is -3.50. The molecule has 3 fully saturated rings. The summed E-state index contributed by atoms with van der Waals surface area (Å²) in [6.07, 6.45) is 9.38. The number of nitrogens with one attached hydrogen (secondary N) is 3. The summed E-state index contributed by atoms with van der Waals surface area (Å²) in [5, 5.41) is 19.4. The van der Waals surface area contributed by atoms with E-state index in [-0.39, 0.29) is 12.1 Å². The van der Waals surface area contributed by atoms with Gasteiger partial charge in [-0.3, -0.25) is 0 Å². The molecule has 2 aromatic carbocycles. The number of ether oxygens (including phenoxy) is 2. The number of urea groups is 1. The number of nitriles is 1. The highest BCUT2D eigenvalue weighted by atomic mass is 16.5. The molecule has 2 saturated carbocycles. The summed E-state index contributed by atoms with van der Waals surface area (Å²) in [6.45, 7) is 1.47. The van der Waals surface area contributed by atoms with Crippen molar-refractivity contribution in [3.8, 4) is 11.8 Å². The van der Waals surface area contributed by atoms with Crippen LogP contribution in [0.25, 0.3) is 11.6 Å². The first-order valence-corrected chi connectivity index (χ1v) is 12.6. The highest BCUT2D eigenvalue weighted by Crippen LogP contribution is 2.34. The largest absolute Gasteiger partial charge is 0.490 e. The van der Waals surface area contributed by atoms with Crippen LogP contribution in [-0.2, 0) is 4.74 Å². The molecule has 2 amide bonds. The van der Waals surface area contributed by atoms with Crippen molar-refractivity contribution in [1.82, 2.24) is 5.32 Å². The van der Waals surface area contributed by atoms with Crippen molar-refractivity contribution in [2.24, 2.45) is 0 Å². The van der Waals surface area contributed by atoms with Crippen LogP contribution < -0.4 is 20.7 Å². The Kier molecular flexibility index (Phi) is 7.20. The van der Waals surface area contributed by atoms with E-state index in [4.69, 9.17) is 9.47 Å². The number of carbonyl (C=O) groups is 1. The first-order chi connectivity index (χ1) is 17.2. The van der Waals surface area contributed by atoms with Crippen LogP contribution in [0, 0.1) is 11.3 Å². The third-order valence-electron chi connectivity index (χ3n) is 6.73. The van der Waals surface area contributed by atoms with E-state index in [0.29, 0.717) is 17.7 Å². The minimum Gasteiger partial charge on any atom is -0.490 e. The molecule has 0 unspecified atom stereocenters. The molecule has 7 heteroatoms. The summed E-state index contributed by atoms with van der Waals surface area (Å²) < 4.78 is 11.6. The van der Waals surface area contributed by atoms with Crippen molar-refractivity contribution in [1.29, 1.82) is 5.26 Å². The van der Waals surface area contributed by atoms with E-state index >= 15 is 0 Å². The molecule has 0 atom stereocenters. The van der Waals surface area contributed by atoms with Crippen LogP contribution in [0.4, 0.5) is 16.2 Å². The number of anilines is 2. The maximum Gasteiger partial charge on any atom is 0.319 e. The van der Waals surface area contributed by atoms with E-state index in [1.54, 1.807) is 0 Å². The average Bonchev–Trinajstić information content (AvgIpc) is 3.66. The van der Waals surface area contributed by atoms with Gasteiger partial charge in [0.05, 0.1) is 24.9 Å². The van der Waals surface area contributed by atoms with E-state index in [9.17, 15) is 10.1 Å². The van der Waals surface area contributed by atoms with Crippen LogP contribution in [0.5, 0.6) is 5.75 Å². The minimum atomic E-state index is -0.172. The summed E-state index contributed by atoms with van der Waals surface area (Å²) in [6, 6.07) is 16.4. The number of hydrogen-bond acceptors (Lipinski definition) is 5. The lowest BCUT2D eigenvalue weighted by atomic mass is 9.93. The van der Waals surface area contributed by atoms with Gasteiger partial charge in [-0.2, -0.15) is 5.26 Å². The Morgan fingerprint density at radius 1 is 1.00 bits per heavy atom. The zero-order valence-corrected chi connectivity index (χ0v) is 19.9. The normalized spacial score (nSPS) is 18.8. The number of rotatable bonds is 8. The Morgan fingerprint density at radius 3 is 2.43 bits per heavy atom. The quantitative estimate of drug-likeness (QED) is 0.345. The number of allylic oxidation sites excluding steroid dienone is 1. The van der Waals surface area contributed by atoms with Crippen LogP contribution in [0.1, 0.15) is 56.1 Å². The van der Waals surface area contributed by atoms with E-state index in [2.05, 4.69) is 22.0 Å². The third kappa shape index (κ3) is 6.34. The summed E-state index contributed by atoms with van der Waals surface area (Å²) in [5.74, 6) is 0.816. The number of carbonyl (C=O) groups excluding carboxylic acids is 1. The van der Waals surface area contributed by atoms with Gasteiger partial charge in [0, 0.05) is 47.9 Å². The Labute approximate surface area is 206 Å². The van der Waals surface area contributed by atoms with Gasteiger partial charge in [0.15, 0.2) is 0 Å². The van der Waals surface area contributed by atoms with Crippen LogP contribution in [0.15, 0.2) is 42.5 Å². The summed E-state index contributed by atoms with van der Waals surface area (Å²) in [4.78, 5) is 12.1. The van der Waals surface area contributed by atoms with E-state index in [1.807, 2.05) is 48.5 Å². The van der Waals surface area contributed by atoms with Crippen molar-refractivity contribution >= 4 is 29.1 Å². The Bertz CT molecular complexity index is 1110. The molecule has 3 N–H and O–H groups in total. The molecule has 35 heavy (non-hydrogen) atoms. The fourth-order valence-electron chi connectivity index (χ4n) is 4.29. The molecule has 1 aliphatic heterocycles. The fraction of sp³-hybridized carbons (Fsp3) is 0.429. The van der Waals surface area contributed by atoms with Gasteiger partial charge >= 0.3 is 6.03 Å². The summed E-state index contributed by atoms with van der Waals surface area (Å²) >= 11 is 0. The van der Waals surface area contributed by atoms with E-state index in [0.717, 1.165) is 80.0 Å². The highest BCUT2D eigenvalue weighted by Gasteiger charge is 2.24. The van der Waals surface area contributed by atoms with E-state index in [1.165, 1.54) is 6.42 Å². The van der Waals surface area contributed by atoms with Crippen LogP contribution >= 0.6 is 0 Å². The lowest BCUT2D eigenvalue weighted by Gasteiger charge is -2.26. The van der Waals surface area contributed by atoms with Crippen molar-refractivity contribution in [2.75, 3.05) is 23.8 Å². The van der Waals surface area contributed by atoms with Crippen molar-refractivity contribution in [3.63, 3.8) is 0 Å². The van der Waals surface area contributed by atoms with E-state index < -0.39 is 0 Å². The van der Waals surface area contributed by atoms with Gasteiger partial charge in [-0.15, -0.1) is 0 Å². The molecule has 2 aliphatic carbocycles. The van der Waals surface area contributed by atoms with Gasteiger partial charge < -0.3 is 25.4 Å². The summed E-state index contributed by atoms with van der Waals surface area (Å²) in [5.41, 5.74) is 3.99. The van der Waals surface area contributed by atoms with Crippen molar-refractivity contribution in [3.05, 3.63) is 53.6 Å². The molecular formula is C28H32N4O3. The standard InChI is InChI=1S/C28H32N4O3/c29-18-20(16-19-4-6-23(7-5-19)32-28(33)31-21-2-1-3-21)26-11-10-25(17-27(26)30-22-8-9-22)35-24-12-14-34-15-13-24/h4-7,10-11,16-17,21-22,24,30H,1-3,8-9,12-15H2,(H2,31,32,33)/b20-16+. The number of benzene rings is 2. The van der Waals surface area contributed by atoms with Gasteiger partial charge in [-0.05, 0) is 68.0 Å². The lowest BCUT2D eigenvalue weighted by molar-refractivity contribution is 0.0256.